The second-order valence-corrected chi connectivity index (χ2v) is 8.69. The molecule has 0 saturated heterocycles. The lowest BCUT2D eigenvalue weighted by atomic mass is 10.1. The van der Waals surface area contributed by atoms with E-state index in [2.05, 4.69) is 10.3 Å². The van der Waals surface area contributed by atoms with E-state index in [0.29, 0.717) is 22.3 Å². The Morgan fingerprint density at radius 2 is 1.81 bits per heavy atom. The molecular weight excluding hydrogens is 352 g/mol. The number of hydrogen-bond donors (Lipinski definition) is 2. The van der Waals surface area contributed by atoms with Crippen LogP contribution < -0.4 is 11.1 Å². The summed E-state index contributed by atoms with van der Waals surface area (Å²) in [5.74, 6) is -0.384. The van der Waals surface area contributed by atoms with Crippen molar-refractivity contribution in [3.8, 4) is 0 Å². The molecule has 0 spiro atoms. The Morgan fingerprint density at radius 1 is 1.15 bits per heavy atom. The molecule has 0 radical (unpaired) electrons. The number of anilines is 2. The number of fused-ring (bicyclic) bond motifs is 1. The predicted molar refractivity (Wildman–Crippen MR) is 103 cm³/mol. The smallest absolute Gasteiger partial charge is 0.255 e. The van der Waals surface area contributed by atoms with Gasteiger partial charge in [-0.1, -0.05) is 17.7 Å². The van der Waals surface area contributed by atoms with Crippen molar-refractivity contribution in [1.29, 1.82) is 0 Å². The van der Waals surface area contributed by atoms with Gasteiger partial charge in [-0.15, -0.1) is 0 Å². The summed E-state index contributed by atoms with van der Waals surface area (Å²) in [5.41, 5.74) is 8.63. The molecule has 0 fully saturated rings. The lowest BCUT2D eigenvalue weighted by Crippen LogP contribution is -2.23. The van der Waals surface area contributed by atoms with Crippen molar-refractivity contribution in [3.05, 3.63) is 53.6 Å². The van der Waals surface area contributed by atoms with Crippen LogP contribution >= 0.6 is 0 Å². The molecular formula is C18H20N4O3S. The van der Waals surface area contributed by atoms with Crippen LogP contribution in [0.15, 0.2) is 42.5 Å². The molecule has 3 aromatic rings. The van der Waals surface area contributed by atoms with E-state index >= 15 is 0 Å². The summed E-state index contributed by atoms with van der Waals surface area (Å²) >= 11 is 0. The van der Waals surface area contributed by atoms with E-state index in [0.717, 1.165) is 9.54 Å². The molecule has 0 unspecified atom stereocenters. The highest BCUT2D eigenvalue weighted by atomic mass is 32.2. The molecule has 0 aliphatic carbocycles. The minimum absolute atomic E-state index is 0.101. The van der Waals surface area contributed by atoms with E-state index in [4.69, 9.17) is 5.73 Å². The fraction of sp³-hybridized carbons (Fsp3) is 0.222. The highest BCUT2D eigenvalue weighted by Gasteiger charge is 2.24. The van der Waals surface area contributed by atoms with Crippen molar-refractivity contribution in [2.24, 2.45) is 0 Å². The molecule has 0 aliphatic rings. The number of carbonyl (C=O) groups excluding carboxylic acids is 1. The van der Waals surface area contributed by atoms with Crippen LogP contribution in [0.3, 0.4) is 0 Å². The Labute approximate surface area is 151 Å². The monoisotopic (exact) mass is 372 g/mol. The zero-order chi connectivity index (χ0) is 19.1. The summed E-state index contributed by atoms with van der Waals surface area (Å²) in [4.78, 5) is 16.5. The van der Waals surface area contributed by atoms with Crippen LogP contribution in [0.5, 0.6) is 0 Å². The zero-order valence-corrected chi connectivity index (χ0v) is 15.5. The van der Waals surface area contributed by atoms with Gasteiger partial charge in [0.15, 0.2) is 0 Å². The minimum atomic E-state index is -3.68. The van der Waals surface area contributed by atoms with Crippen molar-refractivity contribution in [2.75, 3.05) is 11.1 Å². The molecule has 26 heavy (non-hydrogen) atoms. The van der Waals surface area contributed by atoms with E-state index in [1.54, 1.807) is 44.2 Å². The minimum Gasteiger partial charge on any atom is -0.368 e. The lowest BCUT2D eigenvalue weighted by Gasteiger charge is -2.12. The summed E-state index contributed by atoms with van der Waals surface area (Å²) in [6, 6.07) is 12.0. The molecule has 2 aromatic carbocycles. The van der Waals surface area contributed by atoms with Gasteiger partial charge in [0.05, 0.1) is 16.3 Å². The van der Waals surface area contributed by atoms with Crippen molar-refractivity contribution in [1.82, 2.24) is 8.96 Å². The number of hydrogen-bond acceptors (Lipinski definition) is 5. The number of nitrogens with zero attached hydrogens (tertiary/aromatic N) is 2. The van der Waals surface area contributed by atoms with E-state index in [1.165, 1.54) is 0 Å². The van der Waals surface area contributed by atoms with E-state index in [-0.39, 0.29) is 11.9 Å². The average molecular weight is 372 g/mol. The molecule has 1 heterocycles. The second-order valence-electron chi connectivity index (χ2n) is 6.35. The maximum absolute atomic E-state index is 12.6. The maximum Gasteiger partial charge on any atom is 0.255 e. The Kier molecular flexibility index (Phi) is 4.45. The van der Waals surface area contributed by atoms with Gasteiger partial charge in [-0.25, -0.2) is 17.4 Å². The van der Waals surface area contributed by atoms with Gasteiger partial charge >= 0.3 is 0 Å². The van der Waals surface area contributed by atoms with Crippen LogP contribution in [0.25, 0.3) is 11.0 Å². The predicted octanol–water partition coefficient (Wildman–Crippen LogP) is 2.77. The van der Waals surface area contributed by atoms with E-state index in [1.807, 2.05) is 19.1 Å². The first-order chi connectivity index (χ1) is 12.2. The number of aromatic nitrogens is 2. The third kappa shape index (κ3) is 3.15. The van der Waals surface area contributed by atoms with Gasteiger partial charge in [-0.3, -0.25) is 4.79 Å². The standard InChI is InChI=1S/C18H20N4O3S/c1-11(2)26(24,25)22-16-10-14(8-9-15(16)21-18(22)19)20-17(23)13-6-4-12(3)5-7-13/h4-11H,1-3H3,(H2,19,21)(H,20,23). The molecule has 0 aliphatic heterocycles. The Morgan fingerprint density at radius 3 is 2.42 bits per heavy atom. The van der Waals surface area contributed by atoms with Gasteiger partial charge in [0.25, 0.3) is 5.91 Å². The van der Waals surface area contributed by atoms with Gasteiger partial charge in [-0.2, -0.15) is 0 Å². The molecule has 1 amide bonds. The number of rotatable bonds is 4. The molecule has 8 heteroatoms. The van der Waals surface area contributed by atoms with Gasteiger partial charge in [0.1, 0.15) is 0 Å². The van der Waals surface area contributed by atoms with Crippen LogP contribution in [0.1, 0.15) is 29.8 Å². The quantitative estimate of drug-likeness (QED) is 0.732. The largest absolute Gasteiger partial charge is 0.368 e. The average Bonchev–Trinajstić information content (AvgIpc) is 2.91. The fourth-order valence-electron chi connectivity index (χ4n) is 2.54. The van der Waals surface area contributed by atoms with Gasteiger partial charge in [0, 0.05) is 11.3 Å². The van der Waals surface area contributed by atoms with Crippen molar-refractivity contribution >= 4 is 38.6 Å². The number of nitrogen functional groups attached to an aromatic ring is 1. The first-order valence-corrected chi connectivity index (χ1v) is 9.61. The van der Waals surface area contributed by atoms with E-state index in [9.17, 15) is 13.2 Å². The molecule has 0 bridgehead atoms. The Bertz CT molecular complexity index is 1080. The van der Waals surface area contributed by atoms with Crippen LogP contribution in [0, 0.1) is 6.92 Å². The molecule has 136 valence electrons. The van der Waals surface area contributed by atoms with Crippen molar-refractivity contribution < 1.29 is 13.2 Å². The first kappa shape index (κ1) is 17.9. The first-order valence-electron chi connectivity index (χ1n) is 8.10. The Balaban J connectivity index is 2.01. The molecule has 0 atom stereocenters. The van der Waals surface area contributed by atoms with Crippen LogP contribution in [0.2, 0.25) is 0 Å². The third-order valence-corrected chi connectivity index (χ3v) is 6.14. The van der Waals surface area contributed by atoms with Crippen LogP contribution in [0.4, 0.5) is 11.6 Å². The number of nitrogens with two attached hydrogens (primary N) is 1. The molecule has 7 nitrogen and oxygen atoms in total. The normalized spacial score (nSPS) is 11.8. The van der Waals surface area contributed by atoms with Gasteiger partial charge in [-0.05, 0) is 51.1 Å². The molecule has 1 aromatic heterocycles. The highest BCUT2D eigenvalue weighted by Crippen LogP contribution is 2.25. The Hall–Kier alpha value is -2.87. The summed E-state index contributed by atoms with van der Waals surface area (Å²) in [6.45, 7) is 5.09. The topological polar surface area (TPSA) is 107 Å². The number of imidazole rings is 1. The summed E-state index contributed by atoms with van der Waals surface area (Å²) in [5, 5.41) is 2.11. The van der Waals surface area contributed by atoms with Gasteiger partial charge in [0.2, 0.25) is 16.0 Å². The third-order valence-electron chi connectivity index (χ3n) is 4.06. The molecule has 0 saturated carbocycles. The number of carbonyl (C=O) groups is 1. The van der Waals surface area contributed by atoms with Crippen LogP contribution in [-0.2, 0) is 10.0 Å². The summed E-state index contributed by atoms with van der Waals surface area (Å²) in [6.07, 6.45) is 0. The van der Waals surface area contributed by atoms with Crippen LogP contribution in [-0.4, -0.2) is 28.5 Å². The summed E-state index contributed by atoms with van der Waals surface area (Å²) < 4.78 is 26.2. The number of nitrogens with one attached hydrogen (secondary N) is 1. The number of benzene rings is 2. The van der Waals surface area contributed by atoms with E-state index < -0.39 is 15.3 Å². The molecule has 3 rings (SSSR count). The van der Waals surface area contributed by atoms with Crippen molar-refractivity contribution in [2.45, 2.75) is 26.0 Å². The maximum atomic E-state index is 12.6. The van der Waals surface area contributed by atoms with Crippen molar-refractivity contribution in [3.63, 3.8) is 0 Å². The lowest BCUT2D eigenvalue weighted by molar-refractivity contribution is 0.102. The highest BCUT2D eigenvalue weighted by molar-refractivity contribution is 7.90. The fourth-order valence-corrected chi connectivity index (χ4v) is 3.68. The second kappa shape index (κ2) is 6.45. The SMILES string of the molecule is Cc1ccc(C(=O)Nc2ccc3nc(N)n(S(=O)(=O)C(C)C)c3c2)cc1. The van der Waals surface area contributed by atoms with Gasteiger partial charge < -0.3 is 11.1 Å². The zero-order valence-electron chi connectivity index (χ0n) is 14.7. The molecule has 3 N–H and O–H groups in total. The number of aryl methyl sites for hydroxylation is 1. The summed E-state index contributed by atoms with van der Waals surface area (Å²) in [7, 11) is -3.68. The number of amides is 1.